The Morgan fingerprint density at radius 1 is 1.29 bits per heavy atom. The summed E-state index contributed by atoms with van der Waals surface area (Å²) in [5.41, 5.74) is 0.234. The SMILES string of the molecule is O=C(COCC(F)(F)C(F)F)c1cc2cc(F)ccc2o1. The van der Waals surface area contributed by atoms with Crippen LogP contribution in [-0.2, 0) is 4.74 Å². The number of ether oxygens (including phenoxy) is 1. The lowest BCUT2D eigenvalue weighted by Gasteiger charge is -2.14. The third kappa shape index (κ3) is 3.57. The molecular formula is C13H9F5O3. The van der Waals surface area contributed by atoms with Crippen LogP contribution in [0.1, 0.15) is 10.6 Å². The van der Waals surface area contributed by atoms with E-state index in [-0.39, 0.29) is 11.3 Å². The molecule has 0 bridgehead atoms. The maximum atomic E-state index is 13.0. The van der Waals surface area contributed by atoms with Crippen molar-refractivity contribution in [2.75, 3.05) is 13.2 Å². The van der Waals surface area contributed by atoms with Crippen LogP contribution in [0.5, 0.6) is 0 Å². The van der Waals surface area contributed by atoms with Gasteiger partial charge in [-0.25, -0.2) is 13.2 Å². The summed E-state index contributed by atoms with van der Waals surface area (Å²) < 4.78 is 71.2. The van der Waals surface area contributed by atoms with Crippen LogP contribution in [0.2, 0.25) is 0 Å². The molecule has 0 amide bonds. The molecule has 0 N–H and O–H groups in total. The van der Waals surface area contributed by atoms with E-state index in [2.05, 4.69) is 4.74 Å². The summed E-state index contributed by atoms with van der Waals surface area (Å²) in [6, 6.07) is 4.77. The third-order valence-electron chi connectivity index (χ3n) is 2.60. The van der Waals surface area contributed by atoms with E-state index in [0.717, 1.165) is 12.1 Å². The van der Waals surface area contributed by atoms with Crippen LogP contribution in [0.4, 0.5) is 22.0 Å². The molecule has 0 spiro atoms. The normalized spacial score (nSPS) is 12.3. The number of rotatable bonds is 6. The number of fused-ring (bicyclic) bond motifs is 1. The van der Waals surface area contributed by atoms with Crippen molar-refractivity contribution in [3.05, 3.63) is 35.8 Å². The summed E-state index contributed by atoms with van der Waals surface area (Å²) in [5, 5.41) is 0.316. The highest BCUT2D eigenvalue weighted by Crippen LogP contribution is 2.23. The fourth-order valence-corrected chi connectivity index (χ4v) is 1.57. The average Bonchev–Trinajstić information content (AvgIpc) is 2.81. The summed E-state index contributed by atoms with van der Waals surface area (Å²) in [5.74, 6) is -5.89. The molecule has 0 radical (unpaired) electrons. The molecule has 1 aromatic heterocycles. The summed E-state index contributed by atoms with van der Waals surface area (Å²) >= 11 is 0. The van der Waals surface area contributed by atoms with Crippen molar-refractivity contribution >= 4 is 16.8 Å². The Labute approximate surface area is 115 Å². The number of furan rings is 1. The Morgan fingerprint density at radius 2 is 2.00 bits per heavy atom. The van der Waals surface area contributed by atoms with Gasteiger partial charge in [0.25, 0.3) is 0 Å². The zero-order chi connectivity index (χ0) is 15.6. The number of Topliss-reactive ketones (excluding diaryl/α,β-unsaturated/α-hetero) is 1. The first-order valence-corrected chi connectivity index (χ1v) is 5.75. The van der Waals surface area contributed by atoms with Crippen LogP contribution in [-0.4, -0.2) is 31.3 Å². The summed E-state index contributed by atoms with van der Waals surface area (Å²) in [6.45, 7) is -2.42. The van der Waals surface area contributed by atoms with Gasteiger partial charge in [0.05, 0.1) is 0 Å². The molecule has 3 nitrogen and oxygen atoms in total. The number of halogens is 5. The minimum atomic E-state index is -4.32. The van der Waals surface area contributed by atoms with Crippen molar-refractivity contribution in [3.63, 3.8) is 0 Å². The molecular weight excluding hydrogens is 299 g/mol. The lowest BCUT2D eigenvalue weighted by atomic mass is 10.2. The summed E-state index contributed by atoms with van der Waals surface area (Å²) in [7, 11) is 0. The Morgan fingerprint density at radius 3 is 2.67 bits per heavy atom. The van der Waals surface area contributed by atoms with E-state index in [9.17, 15) is 26.7 Å². The number of ketones is 1. The molecule has 21 heavy (non-hydrogen) atoms. The van der Waals surface area contributed by atoms with Gasteiger partial charge in [-0.15, -0.1) is 0 Å². The van der Waals surface area contributed by atoms with Gasteiger partial charge in [0, 0.05) is 5.39 Å². The molecule has 0 aliphatic heterocycles. The van der Waals surface area contributed by atoms with Crippen molar-refractivity contribution in [2.45, 2.75) is 12.3 Å². The molecule has 114 valence electrons. The Bertz CT molecular complexity index is 650. The summed E-state index contributed by atoms with van der Waals surface area (Å²) in [4.78, 5) is 11.6. The molecule has 0 aliphatic rings. The lowest BCUT2D eigenvalue weighted by Crippen LogP contribution is -2.33. The first kappa shape index (κ1) is 15.4. The second kappa shape index (κ2) is 5.80. The lowest BCUT2D eigenvalue weighted by molar-refractivity contribution is -0.163. The van der Waals surface area contributed by atoms with E-state index in [0.29, 0.717) is 5.39 Å². The molecule has 0 aliphatic carbocycles. The van der Waals surface area contributed by atoms with Crippen LogP contribution in [0.15, 0.2) is 28.7 Å². The minimum absolute atomic E-state index is 0.226. The monoisotopic (exact) mass is 308 g/mol. The number of hydrogen-bond acceptors (Lipinski definition) is 3. The van der Waals surface area contributed by atoms with Crippen molar-refractivity contribution in [2.24, 2.45) is 0 Å². The minimum Gasteiger partial charge on any atom is -0.453 e. The molecule has 0 saturated carbocycles. The second-order valence-electron chi connectivity index (χ2n) is 4.27. The molecule has 2 rings (SSSR count). The zero-order valence-corrected chi connectivity index (χ0v) is 10.4. The number of hydrogen-bond donors (Lipinski definition) is 0. The highest BCUT2D eigenvalue weighted by Gasteiger charge is 2.41. The molecule has 0 saturated heterocycles. The molecule has 1 heterocycles. The number of carbonyl (C=O) groups excluding carboxylic acids is 1. The van der Waals surface area contributed by atoms with Gasteiger partial charge in [-0.1, -0.05) is 0 Å². The molecule has 1 aromatic carbocycles. The Balaban J connectivity index is 1.99. The Hall–Kier alpha value is -1.96. The van der Waals surface area contributed by atoms with Gasteiger partial charge in [-0.2, -0.15) is 8.78 Å². The third-order valence-corrected chi connectivity index (χ3v) is 2.60. The van der Waals surface area contributed by atoms with Gasteiger partial charge >= 0.3 is 12.3 Å². The van der Waals surface area contributed by atoms with Crippen molar-refractivity contribution < 1.29 is 35.9 Å². The highest BCUT2D eigenvalue weighted by atomic mass is 19.3. The van der Waals surface area contributed by atoms with E-state index in [1.165, 1.54) is 12.1 Å². The van der Waals surface area contributed by atoms with Gasteiger partial charge < -0.3 is 9.15 Å². The van der Waals surface area contributed by atoms with Gasteiger partial charge in [0.1, 0.15) is 24.6 Å². The van der Waals surface area contributed by atoms with Gasteiger partial charge in [-0.3, -0.25) is 4.79 Å². The molecule has 0 atom stereocenters. The predicted molar refractivity (Wildman–Crippen MR) is 62.3 cm³/mol. The molecule has 0 fully saturated rings. The first-order chi connectivity index (χ1) is 9.79. The van der Waals surface area contributed by atoms with Crippen molar-refractivity contribution in [1.29, 1.82) is 0 Å². The highest BCUT2D eigenvalue weighted by molar-refractivity contribution is 5.98. The van der Waals surface area contributed by atoms with E-state index >= 15 is 0 Å². The van der Waals surface area contributed by atoms with E-state index in [4.69, 9.17) is 4.42 Å². The quantitative estimate of drug-likeness (QED) is 0.604. The van der Waals surface area contributed by atoms with Crippen LogP contribution in [0.3, 0.4) is 0 Å². The standard InChI is InChI=1S/C13H9F5O3/c14-8-1-2-10-7(3-8)4-11(21-10)9(19)5-20-6-13(17,18)12(15)16/h1-4,12H,5-6H2. The fourth-order valence-electron chi connectivity index (χ4n) is 1.57. The van der Waals surface area contributed by atoms with Crippen molar-refractivity contribution in [3.8, 4) is 0 Å². The topological polar surface area (TPSA) is 39.4 Å². The fraction of sp³-hybridized carbons (Fsp3) is 0.308. The largest absolute Gasteiger partial charge is 0.453 e. The van der Waals surface area contributed by atoms with Gasteiger partial charge in [0.2, 0.25) is 5.78 Å². The predicted octanol–water partition coefficient (Wildman–Crippen LogP) is 3.67. The van der Waals surface area contributed by atoms with Crippen molar-refractivity contribution in [1.82, 2.24) is 0 Å². The molecule has 8 heteroatoms. The van der Waals surface area contributed by atoms with Crippen LogP contribution in [0, 0.1) is 5.82 Å². The average molecular weight is 308 g/mol. The van der Waals surface area contributed by atoms with Crippen LogP contribution >= 0.6 is 0 Å². The maximum Gasteiger partial charge on any atom is 0.330 e. The summed E-state index contributed by atoms with van der Waals surface area (Å²) in [6.07, 6.45) is -3.87. The van der Waals surface area contributed by atoms with Crippen LogP contribution < -0.4 is 0 Å². The smallest absolute Gasteiger partial charge is 0.330 e. The van der Waals surface area contributed by atoms with Crippen LogP contribution in [0.25, 0.3) is 11.0 Å². The Kier molecular flexibility index (Phi) is 4.26. The number of benzene rings is 1. The van der Waals surface area contributed by atoms with E-state index < -0.39 is 37.2 Å². The second-order valence-corrected chi connectivity index (χ2v) is 4.27. The first-order valence-electron chi connectivity index (χ1n) is 5.75. The maximum absolute atomic E-state index is 13.0. The number of alkyl halides is 4. The molecule has 2 aromatic rings. The van der Waals surface area contributed by atoms with Gasteiger partial charge in [0.15, 0.2) is 5.76 Å². The number of carbonyl (C=O) groups is 1. The van der Waals surface area contributed by atoms with Gasteiger partial charge in [-0.05, 0) is 24.3 Å². The molecule has 0 unspecified atom stereocenters. The van der Waals surface area contributed by atoms with E-state index in [1.807, 2.05) is 0 Å². The van der Waals surface area contributed by atoms with E-state index in [1.54, 1.807) is 0 Å². The zero-order valence-electron chi connectivity index (χ0n) is 10.4.